The lowest BCUT2D eigenvalue weighted by molar-refractivity contribution is -0.147. The van der Waals surface area contributed by atoms with Gasteiger partial charge in [0, 0.05) is 6.20 Å². The molecule has 0 bridgehead atoms. The maximum Gasteiger partial charge on any atom is 0.351 e. The molecule has 4 N–H and O–H groups in total. The molecule has 0 radical (unpaired) electrons. The van der Waals surface area contributed by atoms with Crippen molar-refractivity contribution in [3.8, 4) is 0 Å². The average Bonchev–Trinajstić information content (AvgIpc) is 3.06. The van der Waals surface area contributed by atoms with Crippen LogP contribution in [0, 0.1) is 0 Å². The molecule has 1 fully saturated rings. The van der Waals surface area contributed by atoms with Crippen LogP contribution in [0.5, 0.6) is 0 Å². The summed E-state index contributed by atoms with van der Waals surface area (Å²) < 4.78 is 52.2. The van der Waals surface area contributed by atoms with Crippen LogP contribution in [-0.2, 0) is 27.9 Å². The van der Waals surface area contributed by atoms with Crippen LogP contribution >= 0.6 is 0 Å². The van der Waals surface area contributed by atoms with E-state index in [1.165, 1.54) is 16.8 Å². The molecule has 204 valence electrons. The Morgan fingerprint density at radius 2 is 1.56 bits per heavy atom. The number of ether oxygens (including phenoxy) is 1. The van der Waals surface area contributed by atoms with Gasteiger partial charge in [0.2, 0.25) is 5.60 Å². The third-order valence-electron chi connectivity index (χ3n) is 7.83. The first-order chi connectivity index (χ1) is 16.0. The van der Waals surface area contributed by atoms with Gasteiger partial charge in [-0.3, -0.25) is 4.57 Å². The molecule has 3 rings (SSSR count). The zero-order valence-corrected chi connectivity index (χ0v) is 25.6. The van der Waals surface area contributed by atoms with Gasteiger partial charge in [-0.05, 0) is 42.3 Å². The Hall–Kier alpha value is -1.56. The van der Waals surface area contributed by atoms with Crippen LogP contribution in [0.1, 0.15) is 47.8 Å². The molecule has 1 spiro atoms. The van der Waals surface area contributed by atoms with E-state index in [1.54, 1.807) is 0 Å². The summed E-state index contributed by atoms with van der Waals surface area (Å²) in [5, 5.41) is 0.352. The van der Waals surface area contributed by atoms with Crippen LogP contribution in [0.15, 0.2) is 28.2 Å². The first-order valence-electron chi connectivity index (χ1n) is 11.8. The Balaban J connectivity index is 2.27. The van der Waals surface area contributed by atoms with Gasteiger partial charge in [0.05, 0.1) is 11.1 Å². The molecule has 0 aliphatic carbocycles. The number of hydrogen-bond donors (Lipinski definition) is 2. The first kappa shape index (κ1) is 29.0. The molecular weight excluding hydrogens is 521 g/mol. The molecule has 2 aliphatic heterocycles. The van der Waals surface area contributed by atoms with Crippen molar-refractivity contribution in [3.05, 3.63) is 33.9 Å². The largest absolute Gasteiger partial charge is 0.406 e. The SMILES string of the molecule is CC(C)(C)[Si](C)(C)OC1[C@H](n2ccc(N)nc2=O)O[C@H](O[Si](C)(C)C(C)(C)C)C12OS(=O)(=O)C=C2N. The number of rotatable bonds is 5. The van der Waals surface area contributed by atoms with Crippen molar-refractivity contribution in [1.82, 2.24) is 9.55 Å². The third-order valence-corrected chi connectivity index (χ3v) is 17.8. The molecule has 36 heavy (non-hydrogen) atoms. The third kappa shape index (κ3) is 4.96. The predicted molar refractivity (Wildman–Crippen MR) is 142 cm³/mol. The zero-order valence-electron chi connectivity index (χ0n) is 22.8. The highest BCUT2D eigenvalue weighted by Crippen LogP contribution is 2.53. The van der Waals surface area contributed by atoms with Gasteiger partial charge >= 0.3 is 5.69 Å². The quantitative estimate of drug-likeness (QED) is 0.405. The van der Waals surface area contributed by atoms with Crippen LogP contribution in [0.4, 0.5) is 5.82 Å². The standard InChI is InChI=1S/C22H40N4O7SSi2/c1-20(2,3)35(7,8)31-16-17(26-12-11-15(24)25-19(26)27)30-18(32-36(9,10)21(4,5)6)22(16)14(23)13-34(28,29)33-22/h11-13,16-18H,23H2,1-10H3,(H2,24,25,27)/t16?,17-,18-,22?/m1/s1. The molecular formula is C22H40N4O7SSi2. The zero-order chi connectivity index (χ0) is 27.7. The maximum atomic E-state index is 12.9. The summed E-state index contributed by atoms with van der Waals surface area (Å²) in [5.41, 5.74) is 9.50. The van der Waals surface area contributed by atoms with E-state index < -0.39 is 56.7 Å². The number of anilines is 1. The minimum Gasteiger partial charge on any atom is -0.406 e. The minimum absolute atomic E-state index is 0.0407. The second-order valence-corrected chi connectivity index (χ2v) is 23.4. The minimum atomic E-state index is -4.18. The molecule has 4 atom stereocenters. The van der Waals surface area contributed by atoms with E-state index >= 15 is 0 Å². The Morgan fingerprint density at radius 1 is 1.03 bits per heavy atom. The van der Waals surface area contributed by atoms with Crippen LogP contribution in [0.3, 0.4) is 0 Å². The molecule has 0 saturated carbocycles. The number of aromatic nitrogens is 2. The van der Waals surface area contributed by atoms with Crippen LogP contribution in [0.25, 0.3) is 0 Å². The molecule has 1 aromatic rings. The van der Waals surface area contributed by atoms with E-state index in [9.17, 15) is 13.2 Å². The van der Waals surface area contributed by atoms with E-state index in [-0.39, 0.29) is 21.6 Å². The molecule has 11 nitrogen and oxygen atoms in total. The lowest BCUT2D eigenvalue weighted by Gasteiger charge is -2.44. The smallest absolute Gasteiger partial charge is 0.351 e. The molecule has 14 heteroatoms. The van der Waals surface area contributed by atoms with Gasteiger partial charge in [-0.1, -0.05) is 41.5 Å². The summed E-state index contributed by atoms with van der Waals surface area (Å²) in [7, 11) is -9.35. The first-order valence-corrected chi connectivity index (χ1v) is 19.1. The maximum absolute atomic E-state index is 12.9. The molecule has 1 aromatic heterocycles. The Kier molecular flexibility index (Phi) is 7.05. The summed E-state index contributed by atoms with van der Waals surface area (Å²) in [4.78, 5) is 16.7. The Morgan fingerprint density at radius 3 is 2.00 bits per heavy atom. The highest BCUT2D eigenvalue weighted by atomic mass is 32.2. The van der Waals surface area contributed by atoms with Gasteiger partial charge in [0.15, 0.2) is 29.2 Å². The van der Waals surface area contributed by atoms with E-state index in [1.807, 2.05) is 67.7 Å². The predicted octanol–water partition coefficient (Wildman–Crippen LogP) is 2.99. The van der Waals surface area contributed by atoms with Crippen LogP contribution in [-0.4, -0.2) is 52.6 Å². The summed E-state index contributed by atoms with van der Waals surface area (Å²) in [6.07, 6.45) is -2.11. The summed E-state index contributed by atoms with van der Waals surface area (Å²) >= 11 is 0. The fraction of sp³-hybridized carbons (Fsp3) is 0.727. The second-order valence-electron chi connectivity index (χ2n) is 12.5. The monoisotopic (exact) mass is 560 g/mol. The van der Waals surface area contributed by atoms with E-state index in [4.69, 9.17) is 29.2 Å². The van der Waals surface area contributed by atoms with Gasteiger partial charge in [-0.2, -0.15) is 13.4 Å². The average molecular weight is 561 g/mol. The molecule has 2 unspecified atom stereocenters. The lowest BCUT2D eigenvalue weighted by Crippen LogP contribution is -2.60. The van der Waals surface area contributed by atoms with Gasteiger partial charge < -0.3 is 25.1 Å². The molecule has 3 heterocycles. The van der Waals surface area contributed by atoms with Crippen LogP contribution < -0.4 is 17.2 Å². The van der Waals surface area contributed by atoms with E-state index in [0.29, 0.717) is 0 Å². The van der Waals surface area contributed by atoms with Gasteiger partial charge in [-0.25, -0.2) is 8.98 Å². The molecule has 0 aromatic carbocycles. The number of hydrogen-bond acceptors (Lipinski definition) is 10. The molecule has 1 saturated heterocycles. The van der Waals surface area contributed by atoms with Crippen molar-refractivity contribution in [3.63, 3.8) is 0 Å². The van der Waals surface area contributed by atoms with Crippen molar-refractivity contribution in [1.29, 1.82) is 0 Å². The summed E-state index contributed by atoms with van der Waals surface area (Å²) in [6.45, 7) is 20.3. The summed E-state index contributed by atoms with van der Waals surface area (Å²) in [6, 6.07) is 1.45. The normalized spacial score (nSPS) is 29.1. The topological polar surface area (TPSA) is 158 Å². The van der Waals surface area contributed by atoms with Gasteiger partial charge in [0.25, 0.3) is 10.1 Å². The number of nitrogens with two attached hydrogens (primary N) is 2. The van der Waals surface area contributed by atoms with Crippen molar-refractivity contribution in [2.24, 2.45) is 5.73 Å². The van der Waals surface area contributed by atoms with Crippen molar-refractivity contribution < 1.29 is 26.2 Å². The summed E-state index contributed by atoms with van der Waals surface area (Å²) in [5.74, 6) is 0.0407. The van der Waals surface area contributed by atoms with E-state index in [0.717, 1.165) is 5.41 Å². The number of nitrogens with zero attached hydrogens (tertiary/aromatic N) is 2. The highest BCUT2D eigenvalue weighted by molar-refractivity contribution is 7.90. The van der Waals surface area contributed by atoms with Gasteiger partial charge in [0.1, 0.15) is 11.9 Å². The van der Waals surface area contributed by atoms with Crippen molar-refractivity contribution in [2.45, 2.75) is 102 Å². The van der Waals surface area contributed by atoms with E-state index in [2.05, 4.69) is 4.98 Å². The van der Waals surface area contributed by atoms with Crippen LogP contribution in [0.2, 0.25) is 36.3 Å². The fourth-order valence-electron chi connectivity index (χ4n) is 3.57. The lowest BCUT2D eigenvalue weighted by atomic mass is 9.94. The highest BCUT2D eigenvalue weighted by Gasteiger charge is 2.69. The molecule has 0 amide bonds. The number of nitrogen functional groups attached to an aromatic ring is 1. The molecule has 2 aliphatic rings. The van der Waals surface area contributed by atoms with Crippen molar-refractivity contribution >= 4 is 32.6 Å². The fourth-order valence-corrected chi connectivity index (χ4v) is 7.17. The Labute approximate surface area is 215 Å². The Bertz CT molecular complexity index is 1220. The van der Waals surface area contributed by atoms with Gasteiger partial charge in [-0.15, -0.1) is 0 Å². The second kappa shape index (κ2) is 8.75. The van der Waals surface area contributed by atoms with Crippen molar-refractivity contribution in [2.75, 3.05) is 5.73 Å².